The minimum Gasteiger partial charge on any atom is -0.391 e. The van der Waals surface area contributed by atoms with E-state index in [2.05, 4.69) is 32.6 Å². The fourth-order valence-corrected chi connectivity index (χ4v) is 2.58. The van der Waals surface area contributed by atoms with Gasteiger partial charge in [-0.1, -0.05) is 43.6 Å². The molecule has 0 aromatic heterocycles. The highest BCUT2D eigenvalue weighted by atomic mass is 35.5. The van der Waals surface area contributed by atoms with Crippen molar-refractivity contribution in [2.45, 2.75) is 45.8 Å². The van der Waals surface area contributed by atoms with Crippen LogP contribution in [-0.2, 0) is 6.42 Å². The van der Waals surface area contributed by atoms with Crippen LogP contribution in [0.2, 0.25) is 5.02 Å². The number of aliphatic hydroxyl groups excluding tert-OH is 1. The second-order valence-electron chi connectivity index (χ2n) is 5.14. The predicted octanol–water partition coefficient (Wildman–Crippen LogP) is 3.36. The molecule has 0 spiro atoms. The van der Waals surface area contributed by atoms with Gasteiger partial charge in [-0.05, 0) is 38.6 Å². The smallest absolute Gasteiger partial charge is 0.0759 e. The van der Waals surface area contributed by atoms with Crippen LogP contribution in [0, 0.1) is 0 Å². The van der Waals surface area contributed by atoms with Crippen molar-refractivity contribution in [3.8, 4) is 0 Å². The van der Waals surface area contributed by atoms with Crippen LogP contribution in [0.1, 0.15) is 33.3 Å². The molecule has 2 nitrogen and oxygen atoms in total. The summed E-state index contributed by atoms with van der Waals surface area (Å²) in [5.74, 6) is 0. The molecule has 1 N–H and O–H groups in total. The monoisotopic (exact) mass is 269 g/mol. The molecule has 1 aromatic rings. The maximum absolute atomic E-state index is 10.5. The third-order valence-electron chi connectivity index (χ3n) is 3.77. The van der Waals surface area contributed by atoms with Gasteiger partial charge >= 0.3 is 0 Å². The topological polar surface area (TPSA) is 23.5 Å². The molecule has 1 unspecified atom stereocenters. The van der Waals surface area contributed by atoms with Gasteiger partial charge in [0.1, 0.15) is 0 Å². The molecule has 102 valence electrons. The quantitative estimate of drug-likeness (QED) is 0.856. The summed E-state index contributed by atoms with van der Waals surface area (Å²) in [4.78, 5) is 2.27. The van der Waals surface area contributed by atoms with Gasteiger partial charge in [-0.2, -0.15) is 0 Å². The van der Waals surface area contributed by atoms with Gasteiger partial charge in [-0.3, -0.25) is 4.90 Å². The van der Waals surface area contributed by atoms with Crippen LogP contribution in [0.4, 0.5) is 0 Å². The third kappa shape index (κ3) is 3.47. The zero-order chi connectivity index (χ0) is 13.8. The molecule has 3 heteroatoms. The summed E-state index contributed by atoms with van der Waals surface area (Å²) in [6, 6.07) is 7.71. The summed E-state index contributed by atoms with van der Waals surface area (Å²) in [5.41, 5.74) is 0.759. The van der Waals surface area contributed by atoms with E-state index >= 15 is 0 Å². The van der Waals surface area contributed by atoms with Gasteiger partial charge in [0.25, 0.3) is 0 Å². The normalized spacial score (nSPS) is 13.9. The first-order valence-electron chi connectivity index (χ1n) is 6.60. The standard InChI is InChI=1S/C15H24ClNO/c1-5-17(6-2)15(3,4)14(18)11-12-9-7-8-10-13(12)16/h7-10,14,18H,5-6,11H2,1-4H3. The maximum Gasteiger partial charge on any atom is 0.0759 e. The molecule has 1 atom stereocenters. The van der Waals surface area contributed by atoms with Crippen LogP contribution in [0.15, 0.2) is 24.3 Å². The zero-order valence-electron chi connectivity index (χ0n) is 11.8. The number of nitrogens with zero attached hydrogens (tertiary/aromatic N) is 1. The lowest BCUT2D eigenvalue weighted by atomic mass is 9.90. The van der Waals surface area contributed by atoms with Crippen molar-refractivity contribution in [3.63, 3.8) is 0 Å². The Morgan fingerprint density at radius 3 is 2.28 bits per heavy atom. The summed E-state index contributed by atoms with van der Waals surface area (Å²) >= 11 is 6.14. The van der Waals surface area contributed by atoms with Crippen LogP contribution in [0.3, 0.4) is 0 Å². The van der Waals surface area contributed by atoms with Crippen molar-refractivity contribution in [3.05, 3.63) is 34.9 Å². The molecular weight excluding hydrogens is 246 g/mol. The molecule has 0 aliphatic heterocycles. The lowest BCUT2D eigenvalue weighted by Crippen LogP contribution is -2.53. The Morgan fingerprint density at radius 1 is 1.22 bits per heavy atom. The van der Waals surface area contributed by atoms with Gasteiger partial charge in [0.05, 0.1) is 6.10 Å². The van der Waals surface area contributed by atoms with Crippen molar-refractivity contribution in [1.82, 2.24) is 4.90 Å². The molecule has 0 saturated carbocycles. The summed E-state index contributed by atoms with van der Waals surface area (Å²) in [6.45, 7) is 10.3. The summed E-state index contributed by atoms with van der Waals surface area (Å²) < 4.78 is 0. The molecule has 1 rings (SSSR count). The Labute approximate surface area is 116 Å². The van der Waals surface area contributed by atoms with Crippen molar-refractivity contribution >= 4 is 11.6 Å². The van der Waals surface area contributed by atoms with E-state index in [0.717, 1.165) is 23.7 Å². The van der Waals surface area contributed by atoms with Crippen LogP contribution in [0.25, 0.3) is 0 Å². The number of hydrogen-bond donors (Lipinski definition) is 1. The Hall–Kier alpha value is -0.570. The van der Waals surface area contributed by atoms with Crippen LogP contribution < -0.4 is 0 Å². The van der Waals surface area contributed by atoms with Crippen LogP contribution in [-0.4, -0.2) is 34.7 Å². The molecule has 0 saturated heterocycles. The molecule has 0 fully saturated rings. The number of rotatable bonds is 6. The Balaban J connectivity index is 2.81. The lowest BCUT2D eigenvalue weighted by molar-refractivity contribution is -0.00414. The van der Waals surface area contributed by atoms with Crippen LogP contribution >= 0.6 is 11.6 Å². The van der Waals surface area contributed by atoms with Crippen LogP contribution in [0.5, 0.6) is 0 Å². The first kappa shape index (κ1) is 15.5. The van der Waals surface area contributed by atoms with E-state index < -0.39 is 6.10 Å². The van der Waals surface area contributed by atoms with Gasteiger partial charge in [0, 0.05) is 17.0 Å². The molecule has 18 heavy (non-hydrogen) atoms. The summed E-state index contributed by atoms with van der Waals surface area (Å²) in [7, 11) is 0. The fourth-order valence-electron chi connectivity index (χ4n) is 2.37. The highest BCUT2D eigenvalue weighted by Gasteiger charge is 2.32. The first-order valence-corrected chi connectivity index (χ1v) is 6.97. The molecule has 0 heterocycles. The minimum absolute atomic E-state index is 0.247. The predicted molar refractivity (Wildman–Crippen MR) is 78.2 cm³/mol. The molecule has 0 amide bonds. The molecular formula is C15H24ClNO. The number of hydrogen-bond acceptors (Lipinski definition) is 2. The zero-order valence-corrected chi connectivity index (χ0v) is 12.5. The van der Waals surface area contributed by atoms with E-state index in [1.165, 1.54) is 0 Å². The van der Waals surface area contributed by atoms with E-state index in [1.54, 1.807) is 0 Å². The van der Waals surface area contributed by atoms with Crippen molar-refractivity contribution in [2.24, 2.45) is 0 Å². The van der Waals surface area contributed by atoms with Gasteiger partial charge in [0.2, 0.25) is 0 Å². The Morgan fingerprint density at radius 2 is 1.78 bits per heavy atom. The highest BCUT2D eigenvalue weighted by Crippen LogP contribution is 2.24. The molecule has 0 radical (unpaired) electrons. The van der Waals surface area contributed by atoms with Crippen molar-refractivity contribution < 1.29 is 5.11 Å². The number of halogens is 1. The van der Waals surface area contributed by atoms with E-state index in [9.17, 15) is 5.11 Å². The largest absolute Gasteiger partial charge is 0.391 e. The van der Waals surface area contributed by atoms with Crippen molar-refractivity contribution in [2.75, 3.05) is 13.1 Å². The van der Waals surface area contributed by atoms with Gasteiger partial charge in [0.15, 0.2) is 0 Å². The summed E-state index contributed by atoms with van der Waals surface area (Å²) in [6.07, 6.45) is 0.153. The fraction of sp³-hybridized carbons (Fsp3) is 0.600. The summed E-state index contributed by atoms with van der Waals surface area (Å²) in [5, 5.41) is 11.2. The Bertz CT molecular complexity index is 375. The van der Waals surface area contributed by atoms with Gasteiger partial charge in [-0.15, -0.1) is 0 Å². The molecule has 0 aliphatic rings. The minimum atomic E-state index is -0.433. The van der Waals surface area contributed by atoms with Crippen molar-refractivity contribution in [1.29, 1.82) is 0 Å². The number of aliphatic hydroxyl groups is 1. The lowest BCUT2D eigenvalue weighted by Gasteiger charge is -2.41. The average molecular weight is 270 g/mol. The number of benzene rings is 1. The van der Waals surface area contributed by atoms with E-state index in [0.29, 0.717) is 6.42 Å². The first-order chi connectivity index (χ1) is 8.43. The Kier molecular flexibility index (Phi) is 5.64. The van der Waals surface area contributed by atoms with Gasteiger partial charge < -0.3 is 5.11 Å². The second-order valence-corrected chi connectivity index (χ2v) is 5.54. The van der Waals surface area contributed by atoms with E-state index in [-0.39, 0.29) is 5.54 Å². The van der Waals surface area contributed by atoms with Gasteiger partial charge in [-0.25, -0.2) is 0 Å². The highest BCUT2D eigenvalue weighted by molar-refractivity contribution is 6.31. The maximum atomic E-state index is 10.5. The SMILES string of the molecule is CCN(CC)C(C)(C)C(O)Cc1ccccc1Cl. The average Bonchev–Trinajstić information content (AvgIpc) is 2.33. The van der Waals surface area contributed by atoms with E-state index in [1.807, 2.05) is 24.3 Å². The third-order valence-corrected chi connectivity index (χ3v) is 4.13. The number of likely N-dealkylation sites (N-methyl/N-ethyl adjacent to an activating group) is 1. The molecule has 1 aromatic carbocycles. The van der Waals surface area contributed by atoms with E-state index in [4.69, 9.17) is 11.6 Å². The molecule has 0 bridgehead atoms. The second kappa shape index (κ2) is 6.55. The molecule has 0 aliphatic carbocycles.